The Bertz CT molecular complexity index is 861. The number of phenols is 1. The summed E-state index contributed by atoms with van der Waals surface area (Å²) in [5.41, 5.74) is 0.403. The molecule has 22 heavy (non-hydrogen) atoms. The van der Waals surface area contributed by atoms with Crippen LogP contribution in [-0.2, 0) is 4.79 Å². The number of aliphatic hydroxyl groups is 1. The molecular formula is C17H10O5. The van der Waals surface area contributed by atoms with Crippen LogP contribution in [0.3, 0.4) is 0 Å². The highest BCUT2D eigenvalue weighted by Crippen LogP contribution is 2.34. The molecule has 1 aliphatic carbocycles. The first-order chi connectivity index (χ1) is 10.5. The molecule has 2 N–H and O–H groups in total. The van der Waals surface area contributed by atoms with E-state index in [1.807, 2.05) is 0 Å². The van der Waals surface area contributed by atoms with Gasteiger partial charge >= 0.3 is 0 Å². The van der Waals surface area contributed by atoms with Gasteiger partial charge in [-0.2, -0.15) is 0 Å². The molecule has 0 bridgehead atoms. The van der Waals surface area contributed by atoms with Crippen LogP contribution in [0.15, 0.2) is 42.5 Å². The largest absolute Gasteiger partial charge is 0.507 e. The Hall–Kier alpha value is -3.21. The first kappa shape index (κ1) is 13.8. The number of Topliss-reactive ketones (excluding diaryl/α,β-unsaturated/α-hetero) is 2. The number of carbonyl (C=O) groups is 3. The lowest BCUT2D eigenvalue weighted by Crippen LogP contribution is -2.23. The van der Waals surface area contributed by atoms with Gasteiger partial charge in [0.1, 0.15) is 11.5 Å². The quantitative estimate of drug-likeness (QED) is 0.655. The smallest absolute Gasteiger partial charge is 0.237 e. The van der Waals surface area contributed by atoms with Crippen LogP contribution in [-0.4, -0.2) is 28.1 Å². The van der Waals surface area contributed by atoms with Crippen LogP contribution in [0.2, 0.25) is 0 Å². The minimum absolute atomic E-state index is 0.0306. The third kappa shape index (κ3) is 1.91. The number of fused-ring (bicyclic) bond motifs is 1. The second-order valence-electron chi connectivity index (χ2n) is 4.82. The van der Waals surface area contributed by atoms with Crippen molar-refractivity contribution in [1.82, 2.24) is 0 Å². The summed E-state index contributed by atoms with van der Waals surface area (Å²) < 4.78 is 0. The van der Waals surface area contributed by atoms with Crippen LogP contribution in [0.4, 0.5) is 0 Å². The summed E-state index contributed by atoms with van der Waals surface area (Å²) in [6.45, 7) is 0. The van der Waals surface area contributed by atoms with E-state index in [9.17, 15) is 24.6 Å². The van der Waals surface area contributed by atoms with Crippen molar-refractivity contribution in [2.45, 2.75) is 0 Å². The zero-order valence-corrected chi connectivity index (χ0v) is 11.2. The number of ketones is 2. The van der Waals surface area contributed by atoms with E-state index in [1.54, 1.807) is 12.1 Å². The van der Waals surface area contributed by atoms with Crippen molar-refractivity contribution in [3.63, 3.8) is 0 Å². The van der Waals surface area contributed by atoms with E-state index < -0.39 is 11.6 Å². The second kappa shape index (κ2) is 4.96. The van der Waals surface area contributed by atoms with E-state index in [1.165, 1.54) is 30.3 Å². The fourth-order valence-corrected chi connectivity index (χ4v) is 2.44. The molecule has 3 rings (SSSR count). The predicted octanol–water partition coefficient (Wildman–Crippen LogP) is 2.40. The minimum atomic E-state index is -0.848. The molecule has 5 heteroatoms. The van der Waals surface area contributed by atoms with Gasteiger partial charge in [-0.3, -0.25) is 14.4 Å². The maximum Gasteiger partial charge on any atom is 0.237 e. The fourth-order valence-electron chi connectivity index (χ4n) is 2.44. The van der Waals surface area contributed by atoms with Gasteiger partial charge in [0.25, 0.3) is 0 Å². The van der Waals surface area contributed by atoms with E-state index in [-0.39, 0.29) is 39.3 Å². The van der Waals surface area contributed by atoms with E-state index in [0.29, 0.717) is 6.29 Å². The van der Waals surface area contributed by atoms with Crippen molar-refractivity contribution >= 4 is 29.2 Å². The van der Waals surface area contributed by atoms with E-state index in [4.69, 9.17) is 0 Å². The molecule has 0 saturated carbocycles. The SMILES string of the molecule is O=Cc1cc(C2=C(O)c3ccccc3C(=O)C2=O)ccc1O. The molecule has 0 unspecified atom stereocenters. The van der Waals surface area contributed by atoms with Gasteiger partial charge < -0.3 is 10.2 Å². The average Bonchev–Trinajstić information content (AvgIpc) is 2.54. The Balaban J connectivity index is 2.28. The molecule has 0 saturated heterocycles. The first-order valence-corrected chi connectivity index (χ1v) is 6.45. The molecule has 108 valence electrons. The Morgan fingerprint density at radius 3 is 2.23 bits per heavy atom. The molecular weight excluding hydrogens is 284 g/mol. The van der Waals surface area contributed by atoms with Gasteiger partial charge in [-0.25, -0.2) is 0 Å². The molecule has 2 aromatic rings. The van der Waals surface area contributed by atoms with Crippen LogP contribution < -0.4 is 0 Å². The molecule has 0 heterocycles. The number of benzene rings is 2. The summed E-state index contributed by atoms with van der Waals surface area (Å²) in [5, 5.41) is 19.9. The highest BCUT2D eigenvalue weighted by atomic mass is 16.3. The molecule has 0 aliphatic heterocycles. The number of aldehydes is 1. The Kier molecular flexibility index (Phi) is 3.10. The standard InChI is InChI=1S/C17H10O5/c18-8-10-7-9(5-6-13(10)19)14-15(20)11-3-1-2-4-12(11)16(21)17(14)22/h1-8,19-20H. The molecule has 0 radical (unpaired) electrons. The van der Waals surface area contributed by atoms with Gasteiger partial charge in [-0.05, 0) is 17.7 Å². The average molecular weight is 294 g/mol. The summed E-state index contributed by atoms with van der Waals surface area (Å²) in [6, 6.07) is 10.1. The summed E-state index contributed by atoms with van der Waals surface area (Å²) in [7, 11) is 0. The number of hydrogen-bond acceptors (Lipinski definition) is 5. The maximum absolute atomic E-state index is 12.3. The van der Waals surface area contributed by atoms with Crippen LogP contribution in [0.25, 0.3) is 11.3 Å². The maximum atomic E-state index is 12.3. The van der Waals surface area contributed by atoms with Crippen molar-refractivity contribution in [2.75, 3.05) is 0 Å². The van der Waals surface area contributed by atoms with Gasteiger partial charge in [0.15, 0.2) is 6.29 Å². The Labute approximate surface area is 125 Å². The molecule has 2 aromatic carbocycles. The van der Waals surface area contributed by atoms with Gasteiger partial charge in [-0.15, -0.1) is 0 Å². The van der Waals surface area contributed by atoms with Crippen molar-refractivity contribution in [3.05, 3.63) is 64.7 Å². The normalized spacial score (nSPS) is 14.0. The van der Waals surface area contributed by atoms with Crippen LogP contribution in [0.1, 0.15) is 31.8 Å². The van der Waals surface area contributed by atoms with Gasteiger partial charge in [0.05, 0.1) is 11.1 Å². The van der Waals surface area contributed by atoms with E-state index in [0.717, 1.165) is 0 Å². The summed E-state index contributed by atoms with van der Waals surface area (Å²) >= 11 is 0. The number of allylic oxidation sites excluding steroid dienone is 1. The number of hydrogen-bond donors (Lipinski definition) is 2. The van der Waals surface area contributed by atoms with E-state index >= 15 is 0 Å². The third-order valence-corrected chi connectivity index (χ3v) is 3.54. The number of aliphatic hydroxyl groups excluding tert-OH is 1. The van der Waals surface area contributed by atoms with E-state index in [2.05, 4.69) is 0 Å². The number of carbonyl (C=O) groups excluding carboxylic acids is 3. The van der Waals surface area contributed by atoms with Crippen LogP contribution in [0, 0.1) is 0 Å². The molecule has 1 aliphatic rings. The lowest BCUT2D eigenvalue weighted by atomic mass is 9.85. The first-order valence-electron chi connectivity index (χ1n) is 6.45. The van der Waals surface area contributed by atoms with Crippen LogP contribution in [0.5, 0.6) is 5.75 Å². The third-order valence-electron chi connectivity index (χ3n) is 3.54. The van der Waals surface area contributed by atoms with Gasteiger partial charge in [0.2, 0.25) is 11.6 Å². The van der Waals surface area contributed by atoms with Crippen molar-refractivity contribution in [1.29, 1.82) is 0 Å². The molecule has 5 nitrogen and oxygen atoms in total. The van der Waals surface area contributed by atoms with Gasteiger partial charge in [-0.1, -0.05) is 30.3 Å². The number of phenolic OH excluding ortho intramolecular Hbond substituents is 1. The molecule has 0 fully saturated rings. The zero-order valence-electron chi connectivity index (χ0n) is 11.2. The number of aromatic hydroxyl groups is 1. The summed E-state index contributed by atoms with van der Waals surface area (Å²) in [6.07, 6.45) is 0.430. The number of rotatable bonds is 2. The molecule has 0 aromatic heterocycles. The zero-order chi connectivity index (χ0) is 15.9. The summed E-state index contributed by atoms with van der Waals surface area (Å²) in [5.74, 6) is -2.13. The lowest BCUT2D eigenvalue weighted by Gasteiger charge is -2.18. The minimum Gasteiger partial charge on any atom is -0.507 e. The Morgan fingerprint density at radius 2 is 1.55 bits per heavy atom. The molecule has 0 amide bonds. The second-order valence-corrected chi connectivity index (χ2v) is 4.82. The molecule has 0 spiro atoms. The van der Waals surface area contributed by atoms with Crippen molar-refractivity contribution in [3.8, 4) is 5.75 Å². The predicted molar refractivity (Wildman–Crippen MR) is 78.7 cm³/mol. The van der Waals surface area contributed by atoms with Crippen molar-refractivity contribution in [2.24, 2.45) is 0 Å². The summed E-state index contributed by atoms with van der Waals surface area (Å²) in [4.78, 5) is 35.3. The van der Waals surface area contributed by atoms with Crippen molar-refractivity contribution < 1.29 is 24.6 Å². The molecule has 0 atom stereocenters. The van der Waals surface area contributed by atoms with Crippen LogP contribution >= 0.6 is 0 Å². The monoisotopic (exact) mass is 294 g/mol. The lowest BCUT2D eigenvalue weighted by molar-refractivity contribution is -0.110. The highest BCUT2D eigenvalue weighted by Gasteiger charge is 2.33. The topological polar surface area (TPSA) is 91.7 Å². The van der Waals surface area contributed by atoms with Gasteiger partial charge in [0, 0.05) is 11.1 Å². The highest BCUT2D eigenvalue weighted by molar-refractivity contribution is 6.62. The fraction of sp³-hybridized carbons (Fsp3) is 0. The Morgan fingerprint density at radius 1 is 0.864 bits per heavy atom.